The molecule has 7 rings (SSSR count). The summed E-state index contributed by atoms with van der Waals surface area (Å²) >= 11 is 0. The standard InChI is InChI=1S/C34H31BN2Si/c1-24-22-32-34-33(23-24)37(26-18-20-27(21-19-26)38(2,3)4)31-17-11-9-15-29(31)35(34)28-14-8-10-16-30(28)36(32)25-12-6-5-7-13-25/h5-23H,1-4H3. The van der Waals surface area contributed by atoms with Crippen molar-refractivity contribution in [1.29, 1.82) is 0 Å². The van der Waals surface area contributed by atoms with E-state index in [0.717, 1.165) is 0 Å². The second kappa shape index (κ2) is 8.50. The number of fused-ring (bicyclic) bond motifs is 4. The first kappa shape index (κ1) is 23.1. The summed E-state index contributed by atoms with van der Waals surface area (Å²) in [5.41, 5.74) is 12.8. The maximum Gasteiger partial charge on any atom is 0.252 e. The molecule has 0 aromatic heterocycles. The molecule has 0 unspecified atom stereocenters. The number of para-hydroxylation sites is 3. The van der Waals surface area contributed by atoms with E-state index in [-0.39, 0.29) is 6.71 Å². The van der Waals surface area contributed by atoms with Gasteiger partial charge in [-0.1, -0.05) is 91.6 Å². The maximum absolute atomic E-state index is 2.49. The molecule has 2 heterocycles. The first-order chi connectivity index (χ1) is 18.4. The zero-order valence-electron chi connectivity index (χ0n) is 22.4. The van der Waals surface area contributed by atoms with E-state index in [1.165, 1.54) is 61.3 Å². The van der Waals surface area contributed by atoms with Gasteiger partial charge < -0.3 is 9.80 Å². The van der Waals surface area contributed by atoms with E-state index in [1.807, 2.05) is 0 Å². The van der Waals surface area contributed by atoms with Crippen LogP contribution >= 0.6 is 0 Å². The second-order valence-electron chi connectivity index (χ2n) is 11.6. The van der Waals surface area contributed by atoms with Crippen LogP contribution in [0.15, 0.2) is 115 Å². The van der Waals surface area contributed by atoms with Crippen LogP contribution in [0, 0.1) is 6.92 Å². The van der Waals surface area contributed by atoms with Crippen molar-refractivity contribution in [3.8, 4) is 0 Å². The lowest BCUT2D eigenvalue weighted by Gasteiger charge is -2.44. The molecule has 0 radical (unpaired) electrons. The van der Waals surface area contributed by atoms with E-state index < -0.39 is 8.07 Å². The number of nitrogens with zero attached hydrogens (tertiary/aromatic N) is 2. The van der Waals surface area contributed by atoms with Gasteiger partial charge in [0, 0.05) is 34.1 Å². The Labute approximate surface area is 227 Å². The fourth-order valence-electron chi connectivity index (χ4n) is 6.28. The van der Waals surface area contributed by atoms with Crippen LogP contribution < -0.4 is 31.4 Å². The van der Waals surface area contributed by atoms with Crippen LogP contribution in [0.25, 0.3) is 0 Å². The van der Waals surface area contributed by atoms with E-state index in [2.05, 4.69) is 152 Å². The topological polar surface area (TPSA) is 6.48 Å². The van der Waals surface area contributed by atoms with Gasteiger partial charge in [0.2, 0.25) is 0 Å². The minimum absolute atomic E-state index is 0.186. The molecule has 2 aliphatic heterocycles. The molecule has 184 valence electrons. The number of anilines is 6. The quantitative estimate of drug-likeness (QED) is 0.249. The Morgan fingerprint density at radius 2 is 1.00 bits per heavy atom. The van der Waals surface area contributed by atoms with E-state index in [0.29, 0.717) is 0 Å². The number of rotatable bonds is 3. The van der Waals surface area contributed by atoms with Crippen LogP contribution in [0.3, 0.4) is 0 Å². The molecule has 0 atom stereocenters. The molecule has 0 bridgehead atoms. The molecular weight excluding hydrogens is 475 g/mol. The summed E-state index contributed by atoms with van der Waals surface area (Å²) in [4.78, 5) is 4.95. The van der Waals surface area contributed by atoms with Crippen LogP contribution in [-0.4, -0.2) is 14.8 Å². The Hall–Kier alpha value is -4.02. The van der Waals surface area contributed by atoms with Gasteiger partial charge in [0.05, 0.1) is 8.07 Å². The van der Waals surface area contributed by atoms with Crippen LogP contribution in [-0.2, 0) is 0 Å². The molecule has 2 aliphatic rings. The van der Waals surface area contributed by atoms with Crippen LogP contribution in [0.2, 0.25) is 19.6 Å². The highest BCUT2D eigenvalue weighted by molar-refractivity contribution is 7.00. The van der Waals surface area contributed by atoms with Crippen LogP contribution in [0.1, 0.15) is 5.56 Å². The summed E-state index contributed by atoms with van der Waals surface area (Å²) in [7, 11) is -1.39. The number of hydrogen-bond donors (Lipinski definition) is 0. The minimum Gasteiger partial charge on any atom is -0.311 e. The fourth-order valence-corrected chi connectivity index (χ4v) is 7.44. The first-order valence-corrected chi connectivity index (χ1v) is 17.0. The normalized spacial score (nSPS) is 13.6. The number of benzene rings is 5. The highest BCUT2D eigenvalue weighted by Crippen LogP contribution is 2.44. The van der Waals surface area contributed by atoms with E-state index in [1.54, 1.807) is 0 Å². The fraction of sp³-hybridized carbons (Fsp3) is 0.118. The molecular formula is C34H31BN2Si. The average Bonchev–Trinajstić information content (AvgIpc) is 2.93. The van der Waals surface area contributed by atoms with E-state index in [4.69, 9.17) is 0 Å². The molecule has 0 spiro atoms. The van der Waals surface area contributed by atoms with Crippen molar-refractivity contribution in [3.05, 3.63) is 121 Å². The highest BCUT2D eigenvalue weighted by Gasteiger charge is 2.43. The summed E-state index contributed by atoms with van der Waals surface area (Å²) in [6.45, 7) is 9.65. The summed E-state index contributed by atoms with van der Waals surface area (Å²) in [5, 5.41) is 1.49. The van der Waals surface area contributed by atoms with Gasteiger partial charge in [-0.3, -0.25) is 0 Å². The Bertz CT molecular complexity index is 1670. The minimum atomic E-state index is -1.39. The Morgan fingerprint density at radius 1 is 0.526 bits per heavy atom. The van der Waals surface area contributed by atoms with Crippen molar-refractivity contribution in [2.24, 2.45) is 0 Å². The largest absolute Gasteiger partial charge is 0.311 e. The Morgan fingerprint density at radius 3 is 1.53 bits per heavy atom. The summed E-state index contributed by atoms with van der Waals surface area (Å²) in [6.07, 6.45) is 0. The molecule has 2 nitrogen and oxygen atoms in total. The van der Waals surface area contributed by atoms with Gasteiger partial charge in [0.15, 0.2) is 0 Å². The smallest absolute Gasteiger partial charge is 0.252 e. The molecule has 0 aliphatic carbocycles. The lowest BCUT2D eigenvalue weighted by atomic mass is 9.33. The SMILES string of the molecule is Cc1cc2c3c(c1)N(c1ccc([Si](C)(C)C)cc1)c1ccccc1B3c1ccccc1N2c1ccccc1. The third-order valence-electron chi connectivity index (χ3n) is 8.03. The Balaban J connectivity index is 1.53. The highest BCUT2D eigenvalue weighted by atomic mass is 28.3. The molecule has 38 heavy (non-hydrogen) atoms. The lowest BCUT2D eigenvalue weighted by Crippen LogP contribution is -2.61. The van der Waals surface area contributed by atoms with Crippen molar-refractivity contribution in [3.63, 3.8) is 0 Å². The summed E-state index contributed by atoms with van der Waals surface area (Å²) in [5.74, 6) is 0. The monoisotopic (exact) mass is 506 g/mol. The molecule has 0 amide bonds. The van der Waals surface area contributed by atoms with Gasteiger partial charge in [-0.05, 0) is 77.4 Å². The summed E-state index contributed by atoms with van der Waals surface area (Å²) < 4.78 is 0. The molecule has 5 aromatic carbocycles. The molecule has 0 saturated carbocycles. The van der Waals surface area contributed by atoms with E-state index in [9.17, 15) is 0 Å². The van der Waals surface area contributed by atoms with Gasteiger partial charge in [-0.15, -0.1) is 0 Å². The van der Waals surface area contributed by atoms with Gasteiger partial charge in [-0.2, -0.15) is 0 Å². The van der Waals surface area contributed by atoms with Gasteiger partial charge in [0.1, 0.15) is 0 Å². The van der Waals surface area contributed by atoms with E-state index >= 15 is 0 Å². The van der Waals surface area contributed by atoms with Gasteiger partial charge in [-0.25, -0.2) is 0 Å². The second-order valence-corrected chi connectivity index (χ2v) is 16.6. The number of aryl methyl sites for hydroxylation is 1. The van der Waals surface area contributed by atoms with Crippen LogP contribution in [0.5, 0.6) is 0 Å². The third kappa shape index (κ3) is 3.48. The predicted octanol–water partition coefficient (Wildman–Crippen LogP) is 6.62. The van der Waals surface area contributed by atoms with Gasteiger partial charge >= 0.3 is 0 Å². The maximum atomic E-state index is 2.49. The summed E-state index contributed by atoms with van der Waals surface area (Å²) in [6, 6.07) is 42.8. The van der Waals surface area contributed by atoms with Crippen molar-refractivity contribution >= 4 is 70.5 Å². The van der Waals surface area contributed by atoms with Gasteiger partial charge in [0.25, 0.3) is 6.71 Å². The predicted molar refractivity (Wildman–Crippen MR) is 168 cm³/mol. The zero-order chi connectivity index (χ0) is 26.0. The van der Waals surface area contributed by atoms with Crippen molar-refractivity contribution in [1.82, 2.24) is 0 Å². The van der Waals surface area contributed by atoms with Crippen molar-refractivity contribution < 1.29 is 0 Å². The molecule has 0 N–H and O–H groups in total. The van der Waals surface area contributed by atoms with Crippen molar-refractivity contribution in [2.45, 2.75) is 26.6 Å². The third-order valence-corrected chi connectivity index (χ3v) is 10.1. The first-order valence-electron chi connectivity index (χ1n) is 13.5. The molecule has 0 saturated heterocycles. The Kier molecular flexibility index (Phi) is 5.18. The van der Waals surface area contributed by atoms with Crippen molar-refractivity contribution in [2.75, 3.05) is 9.80 Å². The average molecular weight is 507 g/mol. The number of hydrogen-bond acceptors (Lipinski definition) is 2. The molecule has 4 heteroatoms. The molecule has 5 aromatic rings. The lowest BCUT2D eigenvalue weighted by molar-refractivity contribution is 1.24. The van der Waals surface area contributed by atoms with Crippen LogP contribution in [0.4, 0.5) is 34.1 Å². The molecule has 0 fully saturated rings. The zero-order valence-corrected chi connectivity index (χ0v) is 23.4.